The van der Waals surface area contributed by atoms with Gasteiger partial charge in [-0.3, -0.25) is 5.41 Å². The first kappa shape index (κ1) is 28.0. The number of aliphatic hydroxyl groups excluding tert-OH is 1. The van der Waals surface area contributed by atoms with Crippen LogP contribution in [-0.2, 0) is 9.59 Å². The Labute approximate surface area is 197 Å². The number of carboxylic acid groups (broad SMARTS) is 2. The minimum atomic E-state index is -1.38. The third-order valence-corrected chi connectivity index (χ3v) is 4.08. The third-order valence-electron chi connectivity index (χ3n) is 4.08. The van der Waals surface area contributed by atoms with Gasteiger partial charge in [-0.2, -0.15) is 0 Å². The lowest BCUT2D eigenvalue weighted by Crippen LogP contribution is -2.34. The first-order chi connectivity index (χ1) is 16.1. The van der Waals surface area contributed by atoms with Crippen LogP contribution in [0, 0.1) is 5.41 Å². The minimum Gasteiger partial charge on any atom is -0.550 e. The number of hydrogen-bond acceptors (Lipinski definition) is 10. The van der Waals surface area contributed by atoms with Gasteiger partial charge >= 0.3 is 0 Å². The molecule has 1 atom stereocenters. The maximum absolute atomic E-state index is 12.0. The standard InChI is InChI=1S/C21H27N3O6.C2H4O2/c1-3-28-17-11-15(16(30-10-9-25)12-18(17)29-4-2)19(21(26)27)24-14-7-5-13(6-8-14)20(22)23;1-2(3)4/h5-8,11-12,19,24-25H,3-4,9-10H2,1-2H3,(H3,22,23)(H,26,27);1H3,(H,3,4)/p-2. The van der Waals surface area contributed by atoms with Gasteiger partial charge in [0.25, 0.3) is 0 Å². The van der Waals surface area contributed by atoms with Gasteiger partial charge in [-0.25, -0.2) is 0 Å². The van der Waals surface area contributed by atoms with Gasteiger partial charge in [-0.15, -0.1) is 0 Å². The van der Waals surface area contributed by atoms with Gasteiger partial charge in [0.2, 0.25) is 0 Å². The van der Waals surface area contributed by atoms with E-state index in [0.29, 0.717) is 36.0 Å². The summed E-state index contributed by atoms with van der Waals surface area (Å²) in [6, 6.07) is 8.21. The molecular formula is C23H29N3O8-2. The van der Waals surface area contributed by atoms with Crippen molar-refractivity contribution in [1.29, 1.82) is 5.41 Å². The zero-order valence-corrected chi connectivity index (χ0v) is 19.3. The summed E-state index contributed by atoms with van der Waals surface area (Å²) in [7, 11) is 0. The van der Waals surface area contributed by atoms with Crippen molar-refractivity contribution in [2.75, 3.05) is 31.7 Å². The predicted molar refractivity (Wildman–Crippen MR) is 121 cm³/mol. The highest BCUT2D eigenvalue weighted by Crippen LogP contribution is 2.39. The molecule has 2 aromatic carbocycles. The molecule has 2 aromatic rings. The molecule has 0 saturated heterocycles. The van der Waals surface area contributed by atoms with Crippen LogP contribution in [0.3, 0.4) is 0 Å². The second kappa shape index (κ2) is 14.2. The number of aliphatic carboxylic acids is 2. The average Bonchev–Trinajstić information content (AvgIpc) is 2.77. The van der Waals surface area contributed by atoms with E-state index in [1.54, 1.807) is 31.2 Å². The van der Waals surface area contributed by atoms with Crippen LogP contribution in [-0.4, -0.2) is 49.3 Å². The van der Waals surface area contributed by atoms with E-state index < -0.39 is 18.0 Å². The second-order valence-electron chi connectivity index (χ2n) is 6.65. The Balaban J connectivity index is 0.00000133. The number of hydrogen-bond donors (Lipinski definition) is 4. The molecule has 0 heterocycles. The van der Waals surface area contributed by atoms with Gasteiger partial charge < -0.3 is 50.2 Å². The molecule has 1 unspecified atom stereocenters. The first-order valence-corrected chi connectivity index (χ1v) is 10.4. The van der Waals surface area contributed by atoms with Crippen molar-refractivity contribution >= 4 is 23.5 Å². The molecule has 0 aliphatic carbocycles. The SMILES string of the molecule is CC(=O)[O-].CCOc1cc(OCCO)c(C(Nc2ccc(C(=N)N)cc2)C(=O)[O-])cc1OCC. The zero-order valence-electron chi connectivity index (χ0n) is 19.3. The molecule has 0 aromatic heterocycles. The molecule has 0 spiro atoms. The second-order valence-corrected chi connectivity index (χ2v) is 6.65. The Kier molecular flexibility index (Phi) is 11.7. The number of nitrogens with two attached hydrogens (primary N) is 1. The summed E-state index contributed by atoms with van der Waals surface area (Å²) in [5.41, 5.74) is 6.70. The smallest absolute Gasteiger partial charge is 0.164 e. The first-order valence-electron chi connectivity index (χ1n) is 10.4. The summed E-state index contributed by atoms with van der Waals surface area (Å²) in [5, 5.41) is 40.3. The highest BCUT2D eigenvalue weighted by atomic mass is 16.5. The van der Waals surface area contributed by atoms with Crippen molar-refractivity contribution in [3.05, 3.63) is 47.5 Å². The summed E-state index contributed by atoms with van der Waals surface area (Å²) in [6.07, 6.45) is 0. The Morgan fingerprint density at radius 2 is 1.56 bits per heavy atom. The minimum absolute atomic E-state index is 0.0282. The van der Waals surface area contributed by atoms with E-state index in [2.05, 4.69) is 5.32 Å². The molecule has 0 amide bonds. The number of amidine groups is 1. The summed E-state index contributed by atoms with van der Waals surface area (Å²) in [6.45, 7) is 5.05. The fourth-order valence-corrected chi connectivity index (χ4v) is 2.78. The molecule has 11 nitrogen and oxygen atoms in total. The van der Waals surface area contributed by atoms with Gasteiger partial charge in [0.15, 0.2) is 11.5 Å². The van der Waals surface area contributed by atoms with Crippen molar-refractivity contribution in [1.82, 2.24) is 0 Å². The van der Waals surface area contributed by atoms with Crippen LogP contribution in [0.5, 0.6) is 17.2 Å². The largest absolute Gasteiger partial charge is 0.550 e. The lowest BCUT2D eigenvalue weighted by molar-refractivity contribution is -0.307. The van der Waals surface area contributed by atoms with Crippen LogP contribution < -0.4 is 35.5 Å². The Morgan fingerprint density at radius 1 is 1.03 bits per heavy atom. The molecular weight excluding hydrogens is 446 g/mol. The zero-order chi connectivity index (χ0) is 25.7. The van der Waals surface area contributed by atoms with Gasteiger partial charge in [0.1, 0.15) is 18.2 Å². The number of ether oxygens (including phenoxy) is 3. The Morgan fingerprint density at radius 3 is 2.00 bits per heavy atom. The molecule has 11 heteroatoms. The van der Waals surface area contributed by atoms with Gasteiger partial charge in [-0.05, 0) is 51.1 Å². The maximum atomic E-state index is 12.0. The van der Waals surface area contributed by atoms with E-state index >= 15 is 0 Å². The Bertz CT molecular complexity index is 959. The van der Waals surface area contributed by atoms with Crippen molar-refractivity contribution < 1.29 is 39.1 Å². The van der Waals surface area contributed by atoms with Crippen molar-refractivity contribution in [2.45, 2.75) is 26.8 Å². The van der Waals surface area contributed by atoms with E-state index in [9.17, 15) is 9.90 Å². The number of rotatable bonds is 12. The number of anilines is 1. The van der Waals surface area contributed by atoms with Crippen LogP contribution in [0.25, 0.3) is 0 Å². The average molecular weight is 475 g/mol. The van der Waals surface area contributed by atoms with Gasteiger partial charge in [0.05, 0.1) is 31.8 Å². The number of carbonyl (C=O) groups excluding carboxylic acids is 2. The quantitative estimate of drug-likeness (QED) is 0.236. The molecule has 186 valence electrons. The molecule has 0 aliphatic rings. The van der Waals surface area contributed by atoms with Crippen LogP contribution in [0.1, 0.15) is 37.9 Å². The van der Waals surface area contributed by atoms with E-state index in [0.717, 1.165) is 6.92 Å². The Hall–Kier alpha value is -3.99. The molecule has 0 aliphatic heterocycles. The monoisotopic (exact) mass is 475 g/mol. The molecule has 0 radical (unpaired) electrons. The maximum Gasteiger partial charge on any atom is 0.164 e. The van der Waals surface area contributed by atoms with Crippen LogP contribution >= 0.6 is 0 Å². The van der Waals surface area contributed by atoms with Gasteiger partial charge in [0, 0.05) is 28.8 Å². The number of nitrogens with one attached hydrogen (secondary N) is 2. The number of carbonyl (C=O) groups is 2. The van der Waals surface area contributed by atoms with Gasteiger partial charge in [-0.1, -0.05) is 0 Å². The van der Waals surface area contributed by atoms with Crippen molar-refractivity contribution in [2.24, 2.45) is 5.73 Å². The number of nitrogen functional groups attached to an aromatic ring is 1. The molecule has 0 fully saturated rings. The summed E-state index contributed by atoms with van der Waals surface area (Å²) >= 11 is 0. The highest BCUT2D eigenvalue weighted by Gasteiger charge is 2.22. The predicted octanol–water partition coefficient (Wildman–Crippen LogP) is -0.202. The van der Waals surface area contributed by atoms with E-state index in [4.69, 9.17) is 40.4 Å². The molecule has 0 bridgehead atoms. The normalized spacial score (nSPS) is 10.8. The fraction of sp³-hybridized carbons (Fsp3) is 0.348. The van der Waals surface area contributed by atoms with Crippen LogP contribution in [0.4, 0.5) is 5.69 Å². The number of carboxylic acids is 2. The molecule has 34 heavy (non-hydrogen) atoms. The van der Waals surface area contributed by atoms with E-state index in [1.165, 1.54) is 12.1 Å². The lowest BCUT2D eigenvalue weighted by atomic mass is 10.0. The fourth-order valence-electron chi connectivity index (χ4n) is 2.78. The third kappa shape index (κ3) is 8.87. The van der Waals surface area contributed by atoms with E-state index in [1.807, 2.05) is 6.92 Å². The number of benzene rings is 2. The lowest BCUT2D eigenvalue weighted by Gasteiger charge is -2.25. The van der Waals surface area contributed by atoms with Crippen molar-refractivity contribution in [3.8, 4) is 17.2 Å². The van der Waals surface area contributed by atoms with Crippen LogP contribution in [0.2, 0.25) is 0 Å². The van der Waals surface area contributed by atoms with Crippen LogP contribution in [0.15, 0.2) is 36.4 Å². The topological polar surface area (TPSA) is 190 Å². The summed E-state index contributed by atoms with van der Waals surface area (Å²) < 4.78 is 16.7. The molecule has 0 saturated carbocycles. The van der Waals surface area contributed by atoms with Crippen molar-refractivity contribution in [3.63, 3.8) is 0 Å². The highest BCUT2D eigenvalue weighted by molar-refractivity contribution is 5.95. The summed E-state index contributed by atoms with van der Waals surface area (Å²) in [4.78, 5) is 20.9. The van der Waals surface area contributed by atoms with E-state index in [-0.39, 0.29) is 30.4 Å². The number of aliphatic hydroxyl groups is 1. The summed E-state index contributed by atoms with van der Waals surface area (Å²) in [5.74, 6) is -1.57. The molecule has 5 N–H and O–H groups in total. The molecule has 2 rings (SSSR count).